The lowest BCUT2D eigenvalue weighted by molar-refractivity contribution is -0.140. The fourth-order valence-electron chi connectivity index (χ4n) is 1.32. The van der Waals surface area contributed by atoms with Gasteiger partial charge in [0.1, 0.15) is 0 Å². The molecule has 0 aromatic rings. The fourth-order valence-corrected chi connectivity index (χ4v) is 2.44. The lowest BCUT2D eigenvalue weighted by Gasteiger charge is -2.15. The summed E-state index contributed by atoms with van der Waals surface area (Å²) in [7, 11) is 1.38. The van der Waals surface area contributed by atoms with Crippen molar-refractivity contribution in [2.45, 2.75) is 49.7 Å². The molecule has 4 nitrogen and oxygen atoms in total. The van der Waals surface area contributed by atoms with Crippen LogP contribution in [-0.2, 0) is 14.3 Å². The quantitative estimate of drug-likeness (QED) is 0.717. The molecule has 0 aromatic heterocycles. The summed E-state index contributed by atoms with van der Waals surface area (Å²) in [6, 6.07) is 0.395. The van der Waals surface area contributed by atoms with Crippen LogP contribution in [0.15, 0.2) is 0 Å². The van der Waals surface area contributed by atoms with Crippen molar-refractivity contribution >= 4 is 23.6 Å². The van der Waals surface area contributed by atoms with Gasteiger partial charge in [-0.15, -0.1) is 11.8 Å². The first-order valence-corrected chi connectivity index (χ1v) is 6.50. The Kier molecular flexibility index (Phi) is 5.12. The number of hydrogen-bond acceptors (Lipinski definition) is 4. The maximum Gasteiger partial charge on any atom is 0.306 e. The second-order valence-electron chi connectivity index (χ2n) is 4.15. The number of carbonyl (C=O) groups excluding carboxylic acids is 2. The highest BCUT2D eigenvalue weighted by Gasteiger charge is 2.26. The maximum atomic E-state index is 11.6. The van der Waals surface area contributed by atoms with Crippen molar-refractivity contribution in [1.82, 2.24) is 5.32 Å². The number of methoxy groups -OCH3 is 1. The average Bonchev–Trinajstić information content (AvgIpc) is 3.01. The summed E-state index contributed by atoms with van der Waals surface area (Å²) in [6.07, 6.45) is 2.55. The Morgan fingerprint density at radius 1 is 1.44 bits per heavy atom. The Morgan fingerprint density at radius 3 is 2.56 bits per heavy atom. The predicted molar refractivity (Wildman–Crippen MR) is 64.3 cm³/mol. The van der Waals surface area contributed by atoms with Crippen LogP contribution in [-0.4, -0.2) is 35.5 Å². The predicted octanol–water partition coefficient (Wildman–Crippen LogP) is 1.34. The Morgan fingerprint density at radius 2 is 2.06 bits per heavy atom. The minimum absolute atomic E-state index is 0.0733. The van der Waals surface area contributed by atoms with E-state index in [0.717, 1.165) is 12.8 Å². The zero-order valence-electron chi connectivity index (χ0n) is 9.99. The van der Waals surface area contributed by atoms with Gasteiger partial charge in [0.25, 0.3) is 0 Å². The van der Waals surface area contributed by atoms with E-state index in [1.165, 1.54) is 18.9 Å². The first kappa shape index (κ1) is 13.4. The Balaban J connectivity index is 2.22. The van der Waals surface area contributed by atoms with Crippen molar-refractivity contribution in [3.05, 3.63) is 0 Å². The third kappa shape index (κ3) is 4.88. The molecule has 92 valence electrons. The van der Waals surface area contributed by atoms with Gasteiger partial charge < -0.3 is 10.1 Å². The zero-order valence-corrected chi connectivity index (χ0v) is 10.8. The second-order valence-corrected chi connectivity index (χ2v) is 5.94. The van der Waals surface area contributed by atoms with Gasteiger partial charge in [-0.1, -0.05) is 6.92 Å². The van der Waals surface area contributed by atoms with E-state index in [9.17, 15) is 9.59 Å². The lowest BCUT2D eigenvalue weighted by atomic mass is 10.3. The van der Waals surface area contributed by atoms with Crippen LogP contribution in [0.3, 0.4) is 0 Å². The molecule has 1 saturated carbocycles. The molecule has 1 N–H and O–H groups in total. The summed E-state index contributed by atoms with van der Waals surface area (Å²) in [5.74, 6) is -0.154. The number of ether oxygens (including phenoxy) is 1. The van der Waals surface area contributed by atoms with Crippen molar-refractivity contribution in [3.8, 4) is 0 Å². The van der Waals surface area contributed by atoms with Gasteiger partial charge in [-0.3, -0.25) is 9.59 Å². The molecule has 0 bridgehead atoms. The fraction of sp³-hybridized carbons (Fsp3) is 0.818. The van der Waals surface area contributed by atoms with Crippen molar-refractivity contribution in [3.63, 3.8) is 0 Å². The first-order valence-electron chi connectivity index (χ1n) is 5.55. The van der Waals surface area contributed by atoms with E-state index in [1.807, 2.05) is 13.8 Å². The highest BCUT2D eigenvalue weighted by molar-refractivity contribution is 8.01. The molecular formula is C11H19NO3S. The van der Waals surface area contributed by atoms with E-state index in [2.05, 4.69) is 10.1 Å². The van der Waals surface area contributed by atoms with Crippen LogP contribution in [0.2, 0.25) is 0 Å². The van der Waals surface area contributed by atoms with Crippen LogP contribution in [0, 0.1) is 0 Å². The first-order chi connectivity index (χ1) is 7.52. The van der Waals surface area contributed by atoms with E-state index in [-0.39, 0.29) is 22.4 Å². The number of esters is 1. The molecule has 0 saturated heterocycles. The molecule has 0 heterocycles. The average molecular weight is 245 g/mol. The lowest BCUT2D eigenvalue weighted by Crippen LogP contribution is -2.33. The van der Waals surface area contributed by atoms with Crippen molar-refractivity contribution in [1.29, 1.82) is 0 Å². The summed E-state index contributed by atoms with van der Waals surface area (Å²) < 4.78 is 4.58. The summed E-state index contributed by atoms with van der Waals surface area (Å²) in [5.41, 5.74) is 0. The number of hydrogen-bond donors (Lipinski definition) is 1. The zero-order chi connectivity index (χ0) is 12.1. The van der Waals surface area contributed by atoms with E-state index in [0.29, 0.717) is 12.5 Å². The number of rotatable bonds is 6. The van der Waals surface area contributed by atoms with Crippen LogP contribution in [0.1, 0.15) is 33.1 Å². The molecule has 2 unspecified atom stereocenters. The third-order valence-corrected chi connectivity index (χ3v) is 3.66. The van der Waals surface area contributed by atoms with Gasteiger partial charge in [0, 0.05) is 11.3 Å². The van der Waals surface area contributed by atoms with Gasteiger partial charge in [-0.25, -0.2) is 0 Å². The number of carbonyl (C=O) groups is 2. The van der Waals surface area contributed by atoms with Crippen LogP contribution in [0.5, 0.6) is 0 Å². The van der Waals surface area contributed by atoms with E-state index >= 15 is 0 Å². The normalized spacial score (nSPS) is 18.7. The van der Waals surface area contributed by atoms with Crippen LogP contribution < -0.4 is 5.32 Å². The molecule has 0 radical (unpaired) electrons. The highest BCUT2D eigenvalue weighted by atomic mass is 32.2. The molecule has 1 fully saturated rings. The van der Waals surface area contributed by atoms with Crippen LogP contribution >= 0.6 is 11.8 Å². The summed E-state index contributed by atoms with van der Waals surface area (Å²) in [6.45, 7) is 3.80. The van der Waals surface area contributed by atoms with Crippen LogP contribution in [0.4, 0.5) is 0 Å². The highest BCUT2D eigenvalue weighted by Crippen LogP contribution is 2.23. The maximum absolute atomic E-state index is 11.6. The molecule has 1 amide bonds. The molecular weight excluding hydrogens is 226 g/mol. The topological polar surface area (TPSA) is 55.4 Å². The molecule has 1 rings (SSSR count). The monoisotopic (exact) mass is 245 g/mol. The van der Waals surface area contributed by atoms with Gasteiger partial charge in [0.15, 0.2) is 0 Å². The second kappa shape index (κ2) is 6.13. The summed E-state index contributed by atoms with van der Waals surface area (Å²) >= 11 is 1.51. The third-order valence-electron chi connectivity index (χ3n) is 2.41. The minimum Gasteiger partial charge on any atom is -0.469 e. The molecule has 2 atom stereocenters. The largest absolute Gasteiger partial charge is 0.469 e. The van der Waals surface area contributed by atoms with Gasteiger partial charge in [-0.2, -0.15) is 0 Å². The Hall–Kier alpha value is -0.710. The summed E-state index contributed by atoms with van der Waals surface area (Å²) in [4.78, 5) is 22.7. The van der Waals surface area contributed by atoms with Gasteiger partial charge >= 0.3 is 5.97 Å². The van der Waals surface area contributed by atoms with E-state index in [1.54, 1.807) is 0 Å². The van der Waals surface area contributed by atoms with Crippen molar-refractivity contribution < 1.29 is 14.3 Å². The number of thioether (sulfide) groups is 1. The van der Waals surface area contributed by atoms with Crippen molar-refractivity contribution in [2.24, 2.45) is 0 Å². The number of amides is 1. The molecule has 1 aliphatic rings. The molecule has 0 spiro atoms. The Labute approximate surface area is 100 Å². The minimum atomic E-state index is -0.227. The molecule has 5 heteroatoms. The van der Waals surface area contributed by atoms with Crippen molar-refractivity contribution in [2.75, 3.05) is 7.11 Å². The van der Waals surface area contributed by atoms with Gasteiger partial charge in [-0.05, 0) is 19.8 Å². The molecule has 0 aromatic carbocycles. The van der Waals surface area contributed by atoms with E-state index < -0.39 is 0 Å². The molecule has 0 aliphatic heterocycles. The summed E-state index contributed by atoms with van der Waals surface area (Å²) in [5, 5.41) is 2.94. The standard InChI is InChI=1S/C11H19NO3S/c1-7(6-10(13)15-3)16-8(2)11(14)12-9-4-5-9/h7-9H,4-6H2,1-3H3,(H,12,14). The van der Waals surface area contributed by atoms with E-state index in [4.69, 9.17) is 0 Å². The smallest absolute Gasteiger partial charge is 0.306 e. The van der Waals surface area contributed by atoms with Crippen LogP contribution in [0.25, 0.3) is 0 Å². The Bertz CT molecular complexity index is 266. The molecule has 1 aliphatic carbocycles. The molecule has 16 heavy (non-hydrogen) atoms. The number of nitrogens with one attached hydrogen (secondary N) is 1. The van der Waals surface area contributed by atoms with Gasteiger partial charge in [0.05, 0.1) is 18.8 Å². The van der Waals surface area contributed by atoms with Gasteiger partial charge in [0.2, 0.25) is 5.91 Å². The SMILES string of the molecule is COC(=O)CC(C)SC(C)C(=O)NC1CC1.